The van der Waals surface area contributed by atoms with Crippen molar-refractivity contribution in [2.75, 3.05) is 44.3 Å². The topological polar surface area (TPSA) is 45.7 Å². The Kier molecular flexibility index (Phi) is 7.06. The van der Waals surface area contributed by atoms with Gasteiger partial charge in [-0.1, -0.05) is 12.1 Å². The molecule has 1 atom stereocenters. The van der Waals surface area contributed by atoms with Crippen LogP contribution >= 0.6 is 11.8 Å². The number of nitrogens with zero attached hydrogens (tertiary/aromatic N) is 3. The van der Waals surface area contributed by atoms with Crippen LogP contribution in [-0.4, -0.2) is 65.0 Å². The second kappa shape index (κ2) is 10.1. The second-order valence-corrected chi connectivity index (χ2v) is 9.07. The van der Waals surface area contributed by atoms with E-state index in [0.717, 1.165) is 38.2 Å². The third-order valence-corrected chi connectivity index (χ3v) is 6.58. The minimum atomic E-state index is 0.0725. The first-order valence-corrected chi connectivity index (χ1v) is 11.6. The van der Waals surface area contributed by atoms with Crippen LogP contribution in [0.5, 0.6) is 5.75 Å². The van der Waals surface area contributed by atoms with Crippen LogP contribution in [0, 0.1) is 5.92 Å². The number of piperidine rings is 1. The lowest BCUT2D eigenvalue weighted by molar-refractivity contribution is 0.0633. The summed E-state index contributed by atoms with van der Waals surface area (Å²) >= 11 is 2.04. The summed E-state index contributed by atoms with van der Waals surface area (Å²) in [6, 6.07) is 12.2. The molecule has 2 aliphatic heterocycles. The van der Waals surface area contributed by atoms with E-state index in [4.69, 9.17) is 4.74 Å². The standard InChI is InChI=1S/C23H29N3O2S/c27-23(21-4-1-9-24-15-21)26-10-2-3-20(17-26)18-28-22-7-5-19(6-8-22)16-25-11-13-29-14-12-25/h1,4-9,15,20H,2-3,10-14,16-18H2/t20-/m1/s1. The molecule has 0 bridgehead atoms. The Labute approximate surface area is 177 Å². The molecule has 4 rings (SSSR count). The first kappa shape index (κ1) is 20.2. The fourth-order valence-electron chi connectivity index (χ4n) is 3.98. The van der Waals surface area contributed by atoms with Crippen LogP contribution < -0.4 is 4.74 Å². The lowest BCUT2D eigenvalue weighted by Crippen LogP contribution is -2.41. The second-order valence-electron chi connectivity index (χ2n) is 7.84. The molecule has 29 heavy (non-hydrogen) atoms. The molecule has 0 spiro atoms. The summed E-state index contributed by atoms with van der Waals surface area (Å²) < 4.78 is 6.06. The van der Waals surface area contributed by atoms with E-state index < -0.39 is 0 Å². The van der Waals surface area contributed by atoms with E-state index in [-0.39, 0.29) is 5.91 Å². The average molecular weight is 412 g/mol. The van der Waals surface area contributed by atoms with Gasteiger partial charge in [0.1, 0.15) is 5.75 Å². The zero-order chi connectivity index (χ0) is 19.9. The highest BCUT2D eigenvalue weighted by Gasteiger charge is 2.25. The fraction of sp³-hybridized carbons (Fsp3) is 0.478. The van der Waals surface area contributed by atoms with Gasteiger partial charge in [-0.25, -0.2) is 0 Å². The van der Waals surface area contributed by atoms with Crippen LogP contribution in [-0.2, 0) is 6.54 Å². The monoisotopic (exact) mass is 411 g/mol. The van der Waals surface area contributed by atoms with Crippen molar-refractivity contribution < 1.29 is 9.53 Å². The van der Waals surface area contributed by atoms with Gasteiger partial charge in [0.05, 0.1) is 12.2 Å². The zero-order valence-electron chi connectivity index (χ0n) is 16.8. The first-order valence-electron chi connectivity index (χ1n) is 10.5. The van der Waals surface area contributed by atoms with Gasteiger partial charge in [0, 0.05) is 62.5 Å². The van der Waals surface area contributed by atoms with Crippen molar-refractivity contribution >= 4 is 17.7 Å². The van der Waals surface area contributed by atoms with E-state index in [0.29, 0.717) is 18.1 Å². The molecule has 0 unspecified atom stereocenters. The molecule has 2 saturated heterocycles. The van der Waals surface area contributed by atoms with Crippen molar-refractivity contribution in [1.29, 1.82) is 0 Å². The number of thioether (sulfide) groups is 1. The van der Waals surface area contributed by atoms with E-state index in [1.54, 1.807) is 12.4 Å². The molecule has 2 aliphatic rings. The van der Waals surface area contributed by atoms with Gasteiger partial charge >= 0.3 is 0 Å². The van der Waals surface area contributed by atoms with Gasteiger partial charge in [-0.15, -0.1) is 0 Å². The molecule has 3 heterocycles. The van der Waals surface area contributed by atoms with E-state index in [2.05, 4.69) is 34.1 Å². The van der Waals surface area contributed by atoms with E-state index in [9.17, 15) is 4.79 Å². The normalized spacial score (nSPS) is 20.4. The summed E-state index contributed by atoms with van der Waals surface area (Å²) in [5.41, 5.74) is 2.01. The van der Waals surface area contributed by atoms with Gasteiger partial charge in [-0.05, 0) is 42.7 Å². The lowest BCUT2D eigenvalue weighted by atomic mass is 9.98. The maximum absolute atomic E-state index is 12.7. The van der Waals surface area contributed by atoms with Crippen LogP contribution in [0.2, 0.25) is 0 Å². The molecule has 0 N–H and O–H groups in total. The Hall–Kier alpha value is -2.05. The van der Waals surface area contributed by atoms with Crippen molar-refractivity contribution in [3.05, 3.63) is 59.9 Å². The van der Waals surface area contributed by atoms with Crippen LogP contribution in [0.25, 0.3) is 0 Å². The molecule has 5 nitrogen and oxygen atoms in total. The smallest absolute Gasteiger partial charge is 0.255 e. The molecule has 154 valence electrons. The van der Waals surface area contributed by atoms with Crippen LogP contribution in [0.3, 0.4) is 0 Å². The number of likely N-dealkylation sites (tertiary alicyclic amines) is 1. The average Bonchev–Trinajstić information content (AvgIpc) is 2.80. The summed E-state index contributed by atoms with van der Waals surface area (Å²) in [6.45, 7) is 5.60. The van der Waals surface area contributed by atoms with Crippen molar-refractivity contribution in [3.63, 3.8) is 0 Å². The van der Waals surface area contributed by atoms with Gasteiger partial charge in [-0.3, -0.25) is 14.7 Å². The Morgan fingerprint density at radius 2 is 1.97 bits per heavy atom. The zero-order valence-corrected chi connectivity index (χ0v) is 17.7. The number of carbonyl (C=O) groups is 1. The molecule has 0 aliphatic carbocycles. The Morgan fingerprint density at radius 3 is 2.72 bits per heavy atom. The molecule has 2 fully saturated rings. The third kappa shape index (κ3) is 5.73. The lowest BCUT2D eigenvalue weighted by Gasteiger charge is -2.32. The van der Waals surface area contributed by atoms with Crippen LogP contribution in [0.4, 0.5) is 0 Å². The molecule has 0 saturated carbocycles. The Balaban J connectivity index is 1.25. The van der Waals surface area contributed by atoms with Gasteiger partial charge in [-0.2, -0.15) is 11.8 Å². The maximum atomic E-state index is 12.7. The largest absolute Gasteiger partial charge is 0.493 e. The highest BCUT2D eigenvalue weighted by atomic mass is 32.2. The number of benzene rings is 1. The Bertz CT molecular complexity index is 778. The predicted octanol–water partition coefficient (Wildman–Crippen LogP) is 3.56. The molecule has 1 aromatic carbocycles. The molecule has 2 aromatic rings. The van der Waals surface area contributed by atoms with Crippen molar-refractivity contribution in [1.82, 2.24) is 14.8 Å². The van der Waals surface area contributed by atoms with Crippen LogP contribution in [0.15, 0.2) is 48.8 Å². The molecule has 1 amide bonds. The SMILES string of the molecule is O=C(c1cccnc1)N1CCC[C@@H](COc2ccc(CN3CCSCC3)cc2)C1. The highest BCUT2D eigenvalue weighted by Crippen LogP contribution is 2.21. The van der Waals surface area contributed by atoms with E-state index >= 15 is 0 Å². The van der Waals surface area contributed by atoms with Crippen molar-refractivity contribution in [2.24, 2.45) is 5.92 Å². The maximum Gasteiger partial charge on any atom is 0.255 e. The number of hydrogen-bond acceptors (Lipinski definition) is 5. The van der Waals surface area contributed by atoms with Crippen LogP contribution in [0.1, 0.15) is 28.8 Å². The summed E-state index contributed by atoms with van der Waals surface area (Å²) in [6.07, 6.45) is 5.46. The quantitative estimate of drug-likeness (QED) is 0.727. The third-order valence-electron chi connectivity index (χ3n) is 5.63. The number of amides is 1. The molecular formula is C23H29N3O2S. The van der Waals surface area contributed by atoms with Gasteiger partial charge in [0.25, 0.3) is 5.91 Å². The number of rotatable bonds is 6. The first-order chi connectivity index (χ1) is 14.3. The van der Waals surface area contributed by atoms with Gasteiger partial charge < -0.3 is 9.64 Å². The number of carbonyl (C=O) groups excluding carboxylic acids is 1. The van der Waals surface area contributed by atoms with E-state index in [1.165, 1.54) is 30.2 Å². The highest BCUT2D eigenvalue weighted by molar-refractivity contribution is 7.99. The summed E-state index contributed by atoms with van der Waals surface area (Å²) in [5, 5.41) is 0. The minimum absolute atomic E-state index is 0.0725. The number of ether oxygens (including phenoxy) is 1. The fourth-order valence-corrected chi connectivity index (χ4v) is 4.96. The summed E-state index contributed by atoms with van der Waals surface area (Å²) in [7, 11) is 0. The molecular weight excluding hydrogens is 382 g/mol. The molecule has 0 radical (unpaired) electrons. The minimum Gasteiger partial charge on any atom is -0.493 e. The van der Waals surface area contributed by atoms with Gasteiger partial charge in [0.2, 0.25) is 0 Å². The number of aromatic nitrogens is 1. The number of hydrogen-bond donors (Lipinski definition) is 0. The molecule has 1 aromatic heterocycles. The molecule has 6 heteroatoms. The summed E-state index contributed by atoms with van der Waals surface area (Å²) in [5.74, 6) is 3.84. The van der Waals surface area contributed by atoms with E-state index in [1.807, 2.05) is 28.8 Å². The summed E-state index contributed by atoms with van der Waals surface area (Å²) in [4.78, 5) is 21.2. The van der Waals surface area contributed by atoms with Crippen molar-refractivity contribution in [2.45, 2.75) is 19.4 Å². The predicted molar refractivity (Wildman–Crippen MR) is 117 cm³/mol. The Morgan fingerprint density at radius 1 is 1.14 bits per heavy atom. The van der Waals surface area contributed by atoms with Gasteiger partial charge in [0.15, 0.2) is 0 Å². The van der Waals surface area contributed by atoms with Crippen molar-refractivity contribution in [3.8, 4) is 5.75 Å². The number of pyridine rings is 1.